The van der Waals surface area contributed by atoms with Crippen LogP contribution in [0.25, 0.3) is 0 Å². The summed E-state index contributed by atoms with van der Waals surface area (Å²) in [5.74, 6) is 0.236. The number of likely N-dealkylation sites (tertiary alicyclic amines) is 1. The lowest BCUT2D eigenvalue weighted by atomic mass is 10.0. The third-order valence-electron chi connectivity index (χ3n) is 6.84. The summed E-state index contributed by atoms with van der Waals surface area (Å²) in [6.07, 6.45) is 3.12. The highest BCUT2D eigenvalue weighted by Crippen LogP contribution is 2.37. The van der Waals surface area contributed by atoms with Crippen molar-refractivity contribution in [3.63, 3.8) is 0 Å². The lowest BCUT2D eigenvalue weighted by Crippen LogP contribution is -2.43. The predicted octanol–water partition coefficient (Wildman–Crippen LogP) is 4.67. The highest BCUT2D eigenvalue weighted by Gasteiger charge is 2.31. The second-order valence-electron chi connectivity index (χ2n) is 9.47. The van der Waals surface area contributed by atoms with Crippen molar-refractivity contribution in [2.45, 2.75) is 25.4 Å². The Balaban J connectivity index is 1.35. The first-order chi connectivity index (χ1) is 19.3. The quantitative estimate of drug-likeness (QED) is 0.388. The van der Waals surface area contributed by atoms with Gasteiger partial charge in [0, 0.05) is 6.04 Å². The number of rotatable bonds is 8. The van der Waals surface area contributed by atoms with Gasteiger partial charge in [0.25, 0.3) is 11.8 Å². The molecule has 210 valence electrons. The maximum Gasteiger partial charge on any atom is 0.281 e. The predicted molar refractivity (Wildman–Crippen MR) is 150 cm³/mol. The summed E-state index contributed by atoms with van der Waals surface area (Å²) >= 11 is 12.8. The van der Waals surface area contributed by atoms with Gasteiger partial charge in [-0.2, -0.15) is 4.98 Å². The van der Waals surface area contributed by atoms with Crippen LogP contribution in [0.4, 0.5) is 11.6 Å². The van der Waals surface area contributed by atoms with Crippen molar-refractivity contribution < 1.29 is 23.9 Å². The van der Waals surface area contributed by atoms with E-state index in [4.69, 9.17) is 37.5 Å². The Morgan fingerprint density at radius 2 is 1.88 bits per heavy atom. The average Bonchev–Trinajstić information content (AvgIpc) is 3.28. The van der Waals surface area contributed by atoms with Gasteiger partial charge in [0.15, 0.2) is 0 Å². The summed E-state index contributed by atoms with van der Waals surface area (Å²) in [5.41, 5.74) is 1.86. The molecular formula is C27H28Cl2N6O5. The number of hydroxylamine groups is 2. The molecule has 11 nitrogen and oxygen atoms in total. The number of fused-ring (bicyclic) bond motifs is 1. The molecule has 0 saturated carbocycles. The second-order valence-corrected chi connectivity index (χ2v) is 10.3. The summed E-state index contributed by atoms with van der Waals surface area (Å²) in [5, 5.41) is 7.72. The van der Waals surface area contributed by atoms with Crippen LogP contribution in [0, 0.1) is 0 Å². The van der Waals surface area contributed by atoms with Crippen LogP contribution in [0.2, 0.25) is 10.0 Å². The molecule has 13 heteroatoms. The van der Waals surface area contributed by atoms with E-state index in [2.05, 4.69) is 32.5 Å². The number of aromatic nitrogens is 2. The van der Waals surface area contributed by atoms with Crippen molar-refractivity contribution in [1.29, 1.82) is 0 Å². The van der Waals surface area contributed by atoms with Gasteiger partial charge >= 0.3 is 0 Å². The smallest absolute Gasteiger partial charge is 0.281 e. The highest BCUT2D eigenvalue weighted by molar-refractivity contribution is 6.34. The molecule has 2 aliphatic rings. The Bertz CT molecular complexity index is 1450. The summed E-state index contributed by atoms with van der Waals surface area (Å²) in [7, 11) is 4.98. The fraction of sp³-hybridized carbons (Fsp3) is 0.333. The van der Waals surface area contributed by atoms with Crippen LogP contribution in [0.1, 0.15) is 39.1 Å². The number of amides is 2. The standard InChI is InChI=1S/C27H28Cl2N6O5/c1-34-9-7-16(8-10-34)31-24(36)17-11-22(38-2)20(12-18(17)28)32-27-30-13-19(29)25(33-27)40-21-6-4-5-15-14-35(39-3)26(37)23(15)21/h4-6,11-13,16H,7-10,14H2,1-3H3,(H,31,36)(H,30,32,33). The molecule has 1 aromatic heterocycles. The minimum absolute atomic E-state index is 0.0374. The number of nitrogens with one attached hydrogen (secondary N) is 2. The van der Waals surface area contributed by atoms with Gasteiger partial charge in [-0.15, -0.1) is 0 Å². The van der Waals surface area contributed by atoms with Gasteiger partial charge in [-0.3, -0.25) is 14.4 Å². The zero-order valence-electron chi connectivity index (χ0n) is 22.2. The van der Waals surface area contributed by atoms with Crippen LogP contribution in [0.3, 0.4) is 0 Å². The first kappa shape index (κ1) is 27.9. The zero-order valence-corrected chi connectivity index (χ0v) is 23.7. The van der Waals surface area contributed by atoms with Gasteiger partial charge in [0.2, 0.25) is 11.8 Å². The maximum absolute atomic E-state index is 13.0. The third-order valence-corrected chi connectivity index (χ3v) is 7.41. The van der Waals surface area contributed by atoms with Crippen molar-refractivity contribution in [2.24, 2.45) is 0 Å². The molecule has 2 aromatic carbocycles. The number of hydrogen-bond acceptors (Lipinski definition) is 9. The summed E-state index contributed by atoms with van der Waals surface area (Å²) in [6, 6.07) is 8.48. The topological polar surface area (TPSA) is 118 Å². The van der Waals surface area contributed by atoms with E-state index >= 15 is 0 Å². The SMILES string of the molecule is COc1cc(C(=O)NC2CCN(C)CC2)c(Cl)cc1Nc1ncc(Cl)c(Oc2cccc3c2C(=O)N(OC)C3)n1. The van der Waals surface area contributed by atoms with Gasteiger partial charge in [0.1, 0.15) is 16.5 Å². The molecule has 3 heterocycles. The zero-order chi connectivity index (χ0) is 28.4. The number of ether oxygens (including phenoxy) is 2. The van der Waals surface area contributed by atoms with Crippen molar-refractivity contribution in [2.75, 3.05) is 39.7 Å². The number of benzene rings is 2. The number of anilines is 2. The molecule has 0 bridgehead atoms. The molecule has 40 heavy (non-hydrogen) atoms. The Kier molecular flexibility index (Phi) is 8.27. The van der Waals surface area contributed by atoms with E-state index in [9.17, 15) is 9.59 Å². The summed E-state index contributed by atoms with van der Waals surface area (Å²) in [6.45, 7) is 2.15. The number of halogens is 2. The molecule has 0 radical (unpaired) electrons. The van der Waals surface area contributed by atoms with E-state index in [0.717, 1.165) is 31.5 Å². The Morgan fingerprint density at radius 3 is 2.60 bits per heavy atom. The van der Waals surface area contributed by atoms with Gasteiger partial charge in [-0.1, -0.05) is 35.3 Å². The van der Waals surface area contributed by atoms with Crippen molar-refractivity contribution >= 4 is 46.7 Å². The number of nitrogens with zero attached hydrogens (tertiary/aromatic N) is 4. The Labute approximate surface area is 241 Å². The third kappa shape index (κ3) is 5.78. The van der Waals surface area contributed by atoms with Gasteiger partial charge in [0.05, 0.1) is 48.8 Å². The van der Waals surface area contributed by atoms with Crippen LogP contribution in [-0.2, 0) is 11.4 Å². The molecule has 2 aliphatic heterocycles. The molecule has 0 spiro atoms. The Morgan fingerprint density at radius 1 is 1.10 bits per heavy atom. The fourth-order valence-electron chi connectivity index (χ4n) is 4.65. The van der Waals surface area contributed by atoms with Crippen LogP contribution in [-0.4, -0.2) is 72.1 Å². The van der Waals surface area contributed by atoms with E-state index in [1.165, 1.54) is 25.5 Å². The van der Waals surface area contributed by atoms with Gasteiger partial charge < -0.3 is 25.0 Å². The fourth-order valence-corrected chi connectivity index (χ4v) is 5.03. The molecule has 5 rings (SSSR count). The lowest BCUT2D eigenvalue weighted by Gasteiger charge is -2.29. The normalized spacial score (nSPS) is 15.6. The van der Waals surface area contributed by atoms with Crippen molar-refractivity contribution in [3.8, 4) is 17.4 Å². The number of piperidine rings is 1. The van der Waals surface area contributed by atoms with Crippen LogP contribution in [0.15, 0.2) is 36.5 Å². The van der Waals surface area contributed by atoms with Crippen LogP contribution >= 0.6 is 23.2 Å². The second kappa shape index (κ2) is 11.8. The maximum atomic E-state index is 13.0. The molecule has 0 unspecified atom stereocenters. The number of methoxy groups -OCH3 is 1. The van der Waals surface area contributed by atoms with E-state index in [1.54, 1.807) is 24.3 Å². The van der Waals surface area contributed by atoms with E-state index in [1.807, 2.05) is 6.07 Å². The number of hydrogen-bond donors (Lipinski definition) is 2. The Hall–Kier alpha value is -3.64. The van der Waals surface area contributed by atoms with Crippen LogP contribution in [0.5, 0.6) is 17.4 Å². The highest BCUT2D eigenvalue weighted by atomic mass is 35.5. The van der Waals surface area contributed by atoms with Gasteiger partial charge in [-0.25, -0.2) is 10.0 Å². The number of carbonyl (C=O) groups excluding carboxylic acids is 2. The van der Waals surface area contributed by atoms with Crippen molar-refractivity contribution in [3.05, 3.63) is 63.3 Å². The lowest BCUT2D eigenvalue weighted by molar-refractivity contribution is -0.0957. The van der Waals surface area contributed by atoms with Crippen molar-refractivity contribution in [1.82, 2.24) is 25.2 Å². The first-order valence-corrected chi connectivity index (χ1v) is 13.3. The molecular weight excluding hydrogens is 559 g/mol. The molecule has 1 fully saturated rings. The average molecular weight is 587 g/mol. The summed E-state index contributed by atoms with van der Waals surface area (Å²) < 4.78 is 11.5. The van der Waals surface area contributed by atoms with E-state index in [0.29, 0.717) is 29.1 Å². The van der Waals surface area contributed by atoms with Crippen LogP contribution < -0.4 is 20.1 Å². The summed E-state index contributed by atoms with van der Waals surface area (Å²) in [4.78, 5) is 41.7. The molecule has 0 atom stereocenters. The monoisotopic (exact) mass is 586 g/mol. The molecule has 0 aliphatic carbocycles. The number of carbonyl (C=O) groups is 2. The van der Waals surface area contributed by atoms with E-state index in [-0.39, 0.29) is 45.5 Å². The van der Waals surface area contributed by atoms with E-state index < -0.39 is 0 Å². The van der Waals surface area contributed by atoms with Gasteiger partial charge in [-0.05, 0) is 56.7 Å². The first-order valence-electron chi connectivity index (χ1n) is 12.6. The molecule has 2 amide bonds. The molecule has 2 N–H and O–H groups in total. The molecule has 1 saturated heterocycles. The molecule has 3 aromatic rings. The minimum atomic E-state index is -0.323. The largest absolute Gasteiger partial charge is 0.495 e. The minimum Gasteiger partial charge on any atom is -0.495 e.